The van der Waals surface area contributed by atoms with E-state index in [4.69, 9.17) is 4.74 Å². The van der Waals surface area contributed by atoms with Crippen LogP contribution in [-0.4, -0.2) is 24.5 Å². The van der Waals surface area contributed by atoms with Gasteiger partial charge in [-0.05, 0) is 56.7 Å². The zero-order valence-electron chi connectivity index (χ0n) is 15.3. The average Bonchev–Trinajstić information content (AvgIpc) is 2.60. The Morgan fingerprint density at radius 3 is 2.50 bits per heavy atom. The fourth-order valence-electron chi connectivity index (χ4n) is 2.26. The van der Waals surface area contributed by atoms with Gasteiger partial charge in [0.05, 0.1) is 11.3 Å². The third-order valence-electron chi connectivity index (χ3n) is 3.42. The van der Waals surface area contributed by atoms with E-state index >= 15 is 0 Å². The van der Waals surface area contributed by atoms with Crippen molar-refractivity contribution in [1.82, 2.24) is 5.32 Å². The third kappa shape index (κ3) is 5.48. The second-order valence-electron chi connectivity index (χ2n) is 6.40. The summed E-state index contributed by atoms with van der Waals surface area (Å²) in [6, 6.07) is 13.8. The minimum atomic E-state index is -0.310. The van der Waals surface area contributed by atoms with Crippen molar-refractivity contribution in [3.05, 3.63) is 71.8 Å². The molecular weight excluding hydrogens is 328 g/mol. The van der Waals surface area contributed by atoms with E-state index in [9.17, 15) is 9.59 Å². The Kier molecular flexibility index (Phi) is 6.55. The molecule has 0 saturated carbocycles. The molecule has 2 amide bonds. The monoisotopic (exact) mass is 352 g/mol. The highest BCUT2D eigenvalue weighted by Crippen LogP contribution is 2.19. The van der Waals surface area contributed by atoms with Crippen LogP contribution in [0.4, 0.5) is 5.69 Å². The summed E-state index contributed by atoms with van der Waals surface area (Å²) in [5.74, 6) is 0.0523. The van der Waals surface area contributed by atoms with Gasteiger partial charge in [0.2, 0.25) is 0 Å². The number of hydrogen-bond donors (Lipinski definition) is 2. The third-order valence-corrected chi connectivity index (χ3v) is 3.42. The second kappa shape index (κ2) is 8.85. The highest BCUT2D eigenvalue weighted by molar-refractivity contribution is 6.09. The van der Waals surface area contributed by atoms with Gasteiger partial charge in [0, 0.05) is 11.6 Å². The van der Waals surface area contributed by atoms with E-state index in [0.717, 1.165) is 5.57 Å². The van der Waals surface area contributed by atoms with Crippen LogP contribution in [0.1, 0.15) is 41.5 Å². The lowest BCUT2D eigenvalue weighted by atomic mass is 10.1. The van der Waals surface area contributed by atoms with Crippen molar-refractivity contribution in [2.24, 2.45) is 0 Å². The minimum Gasteiger partial charge on any atom is -0.489 e. The summed E-state index contributed by atoms with van der Waals surface area (Å²) in [6.07, 6.45) is 0. The maximum Gasteiger partial charge on any atom is 0.255 e. The fourth-order valence-corrected chi connectivity index (χ4v) is 2.26. The number of rotatable bonds is 7. The van der Waals surface area contributed by atoms with Gasteiger partial charge < -0.3 is 15.4 Å². The van der Waals surface area contributed by atoms with Crippen molar-refractivity contribution in [1.29, 1.82) is 0 Å². The lowest BCUT2D eigenvalue weighted by Gasteiger charge is -2.13. The first-order chi connectivity index (χ1) is 12.4. The van der Waals surface area contributed by atoms with Gasteiger partial charge in [-0.15, -0.1) is 0 Å². The first-order valence-corrected chi connectivity index (χ1v) is 8.45. The van der Waals surface area contributed by atoms with Crippen molar-refractivity contribution in [2.75, 3.05) is 11.9 Å². The van der Waals surface area contributed by atoms with E-state index in [2.05, 4.69) is 17.2 Å². The maximum absolute atomic E-state index is 12.6. The topological polar surface area (TPSA) is 67.4 Å². The Balaban J connectivity index is 2.16. The van der Waals surface area contributed by atoms with Gasteiger partial charge in [-0.3, -0.25) is 9.59 Å². The number of ether oxygens (including phenoxy) is 1. The lowest BCUT2D eigenvalue weighted by molar-refractivity contribution is 0.0944. The van der Waals surface area contributed by atoms with E-state index in [1.807, 2.05) is 20.8 Å². The fraction of sp³-hybridized carbons (Fsp3) is 0.238. The quantitative estimate of drug-likeness (QED) is 0.739. The molecule has 5 heteroatoms. The van der Waals surface area contributed by atoms with Crippen LogP contribution in [-0.2, 0) is 0 Å². The van der Waals surface area contributed by atoms with Crippen molar-refractivity contribution in [3.8, 4) is 5.75 Å². The lowest BCUT2D eigenvalue weighted by Crippen LogP contribution is -2.31. The zero-order chi connectivity index (χ0) is 19.1. The normalized spacial score (nSPS) is 10.3. The SMILES string of the molecule is C=C(C)COc1cccc(C(=O)Nc2ccccc2C(=O)NC(C)C)c1. The predicted octanol–water partition coefficient (Wildman–Crippen LogP) is 4.03. The van der Waals surface area contributed by atoms with E-state index in [0.29, 0.717) is 29.2 Å². The summed E-state index contributed by atoms with van der Waals surface area (Å²) in [7, 11) is 0. The molecule has 0 aromatic heterocycles. The number of anilines is 1. The molecule has 0 saturated heterocycles. The standard InChI is InChI=1S/C21H24N2O3/c1-14(2)13-26-17-9-7-8-16(12-17)20(24)23-19-11-6-5-10-18(19)21(25)22-15(3)4/h5-12,15H,1,13H2,2-4H3,(H,22,25)(H,23,24). The number of amides is 2. The second-order valence-corrected chi connectivity index (χ2v) is 6.40. The van der Waals surface area contributed by atoms with E-state index < -0.39 is 0 Å². The molecule has 2 aromatic carbocycles. The number of hydrogen-bond acceptors (Lipinski definition) is 3. The average molecular weight is 352 g/mol. The van der Waals surface area contributed by atoms with Gasteiger partial charge in [-0.2, -0.15) is 0 Å². The van der Waals surface area contributed by atoms with Gasteiger partial charge in [0.15, 0.2) is 0 Å². The summed E-state index contributed by atoms with van der Waals surface area (Å²) in [6.45, 7) is 9.82. The van der Waals surface area contributed by atoms with Gasteiger partial charge >= 0.3 is 0 Å². The molecule has 0 bridgehead atoms. The van der Waals surface area contributed by atoms with Crippen LogP contribution < -0.4 is 15.4 Å². The van der Waals surface area contributed by atoms with Gasteiger partial charge in [0.25, 0.3) is 11.8 Å². The molecule has 136 valence electrons. The van der Waals surface area contributed by atoms with E-state index in [-0.39, 0.29) is 17.9 Å². The Bertz CT molecular complexity index is 812. The number of carbonyl (C=O) groups excluding carboxylic acids is 2. The molecule has 2 N–H and O–H groups in total. The van der Waals surface area contributed by atoms with Crippen molar-refractivity contribution >= 4 is 17.5 Å². The maximum atomic E-state index is 12.6. The van der Waals surface area contributed by atoms with Crippen LogP contribution in [0, 0.1) is 0 Å². The molecule has 0 unspecified atom stereocenters. The minimum absolute atomic E-state index is 0.00778. The molecule has 0 aliphatic carbocycles. The highest BCUT2D eigenvalue weighted by atomic mass is 16.5. The van der Waals surface area contributed by atoms with Crippen LogP contribution in [0.25, 0.3) is 0 Å². The molecule has 26 heavy (non-hydrogen) atoms. The zero-order valence-corrected chi connectivity index (χ0v) is 15.3. The Morgan fingerprint density at radius 1 is 1.08 bits per heavy atom. The summed E-state index contributed by atoms with van der Waals surface area (Å²) >= 11 is 0. The number of nitrogens with one attached hydrogen (secondary N) is 2. The molecule has 2 rings (SSSR count). The van der Waals surface area contributed by atoms with Crippen LogP contribution in [0.15, 0.2) is 60.7 Å². The van der Waals surface area contributed by atoms with Crippen LogP contribution in [0.2, 0.25) is 0 Å². The van der Waals surface area contributed by atoms with Crippen molar-refractivity contribution in [2.45, 2.75) is 26.8 Å². The molecule has 2 aromatic rings. The Hall–Kier alpha value is -3.08. The van der Waals surface area contributed by atoms with Crippen molar-refractivity contribution < 1.29 is 14.3 Å². The van der Waals surface area contributed by atoms with Crippen molar-refractivity contribution in [3.63, 3.8) is 0 Å². The number of benzene rings is 2. The predicted molar refractivity (Wildman–Crippen MR) is 104 cm³/mol. The Labute approximate surface area is 154 Å². The number of para-hydroxylation sites is 1. The van der Waals surface area contributed by atoms with Gasteiger partial charge in [-0.25, -0.2) is 0 Å². The molecule has 0 radical (unpaired) electrons. The van der Waals surface area contributed by atoms with E-state index in [1.54, 1.807) is 48.5 Å². The molecule has 0 aliphatic heterocycles. The first-order valence-electron chi connectivity index (χ1n) is 8.45. The smallest absolute Gasteiger partial charge is 0.255 e. The molecule has 0 fully saturated rings. The number of carbonyl (C=O) groups is 2. The molecule has 0 spiro atoms. The highest BCUT2D eigenvalue weighted by Gasteiger charge is 2.15. The molecule has 0 aliphatic rings. The molecule has 0 heterocycles. The molecular formula is C21H24N2O3. The molecule has 5 nitrogen and oxygen atoms in total. The van der Waals surface area contributed by atoms with Gasteiger partial charge in [0.1, 0.15) is 12.4 Å². The largest absolute Gasteiger partial charge is 0.489 e. The summed E-state index contributed by atoms with van der Waals surface area (Å²) in [4.78, 5) is 24.9. The Morgan fingerprint density at radius 2 is 1.81 bits per heavy atom. The summed E-state index contributed by atoms with van der Waals surface area (Å²) < 4.78 is 5.57. The summed E-state index contributed by atoms with van der Waals surface area (Å²) in [5.41, 5.74) is 2.22. The first kappa shape index (κ1) is 19.2. The summed E-state index contributed by atoms with van der Waals surface area (Å²) in [5, 5.41) is 5.63. The van der Waals surface area contributed by atoms with Crippen LogP contribution in [0.5, 0.6) is 5.75 Å². The van der Waals surface area contributed by atoms with Crippen LogP contribution >= 0.6 is 0 Å². The van der Waals surface area contributed by atoms with Crippen LogP contribution in [0.3, 0.4) is 0 Å². The molecule has 0 atom stereocenters. The van der Waals surface area contributed by atoms with Gasteiger partial charge in [-0.1, -0.05) is 24.8 Å². The van der Waals surface area contributed by atoms with E-state index in [1.165, 1.54) is 0 Å².